The Morgan fingerprint density at radius 1 is 1.14 bits per heavy atom. The Labute approximate surface area is 295 Å². The summed E-state index contributed by atoms with van der Waals surface area (Å²) in [4.78, 5) is 54.1. The van der Waals surface area contributed by atoms with Gasteiger partial charge in [0.2, 0.25) is 21.8 Å². The van der Waals surface area contributed by atoms with Crippen molar-refractivity contribution in [1.29, 1.82) is 0 Å². The van der Waals surface area contributed by atoms with Crippen molar-refractivity contribution >= 4 is 38.8 Å². The summed E-state index contributed by atoms with van der Waals surface area (Å²) >= 11 is 0. The van der Waals surface area contributed by atoms with E-state index in [2.05, 4.69) is 15.0 Å². The molecule has 0 unspecified atom stereocenters. The lowest BCUT2D eigenvalue weighted by Crippen LogP contribution is -2.57. The number of methoxy groups -OCH3 is 1. The minimum atomic E-state index is -3.86. The monoisotopic (exact) mass is 720 g/mol. The van der Waals surface area contributed by atoms with Gasteiger partial charge in [-0.25, -0.2) is 22.6 Å². The number of urea groups is 1. The predicted molar refractivity (Wildman–Crippen MR) is 186 cm³/mol. The zero-order chi connectivity index (χ0) is 36.1. The molecule has 4 amide bonds. The van der Waals surface area contributed by atoms with Gasteiger partial charge in [0.05, 0.1) is 29.8 Å². The summed E-state index contributed by atoms with van der Waals surface area (Å²) < 4.78 is 54.0. The number of nitrogens with zero attached hydrogens (tertiary/aromatic N) is 4. The number of sulfonamides is 1. The first-order valence-corrected chi connectivity index (χ1v) is 18.8. The lowest BCUT2D eigenvalue weighted by atomic mass is 10.1. The van der Waals surface area contributed by atoms with Crippen LogP contribution >= 0.6 is 0 Å². The second kappa shape index (κ2) is 13.4. The number of amides is 4. The molecule has 270 valence electrons. The van der Waals surface area contributed by atoms with Crippen LogP contribution in [0.25, 0.3) is 22.3 Å². The van der Waals surface area contributed by atoms with E-state index < -0.39 is 56.5 Å². The normalized spacial score (nSPS) is 26.1. The molecule has 3 fully saturated rings. The van der Waals surface area contributed by atoms with Crippen LogP contribution < -0.4 is 19.5 Å². The van der Waals surface area contributed by atoms with Gasteiger partial charge in [-0.1, -0.05) is 24.3 Å². The number of allylic oxidation sites excluding steroid dienone is 1. The van der Waals surface area contributed by atoms with E-state index in [9.17, 15) is 27.2 Å². The molecule has 1 saturated heterocycles. The average Bonchev–Trinajstić information content (AvgIpc) is 4.03. The Balaban J connectivity index is 1.21. The SMILES string of the molecule is COc1ccc2c(O[C@@H]3C[C@H]4C(=O)N[C@]5(C(=O)NS(=O)(=O)C6CC6)C[C@H]5/C=C\CCCCN(C)C(=O)N4C3)nc(-c3cccc(F)c3)nc2c1C. The Bertz CT molecular complexity index is 2040. The van der Waals surface area contributed by atoms with Gasteiger partial charge in [0.15, 0.2) is 5.82 Å². The predicted octanol–water partition coefficient (Wildman–Crippen LogP) is 3.85. The van der Waals surface area contributed by atoms with Gasteiger partial charge in [-0.05, 0) is 69.7 Å². The Kier molecular flexibility index (Phi) is 9.10. The summed E-state index contributed by atoms with van der Waals surface area (Å²) in [5, 5.41) is 2.82. The second-order valence-electron chi connectivity index (χ2n) is 13.9. The van der Waals surface area contributed by atoms with Gasteiger partial charge in [0.25, 0.3) is 5.91 Å². The molecule has 3 aromatic rings. The van der Waals surface area contributed by atoms with Gasteiger partial charge in [-0.2, -0.15) is 4.98 Å². The van der Waals surface area contributed by atoms with E-state index in [4.69, 9.17) is 14.5 Å². The molecule has 0 bridgehead atoms. The fourth-order valence-electron chi connectivity index (χ4n) is 7.01. The Hall–Kier alpha value is -4.79. The third kappa shape index (κ3) is 6.83. The maximum atomic E-state index is 14.3. The van der Waals surface area contributed by atoms with Gasteiger partial charge in [0.1, 0.15) is 29.3 Å². The highest BCUT2D eigenvalue weighted by Gasteiger charge is 2.62. The number of carbonyl (C=O) groups excluding carboxylic acids is 3. The van der Waals surface area contributed by atoms with E-state index in [0.717, 1.165) is 18.4 Å². The highest BCUT2D eigenvalue weighted by atomic mass is 32.2. The van der Waals surface area contributed by atoms with E-state index >= 15 is 0 Å². The van der Waals surface area contributed by atoms with Crippen molar-refractivity contribution in [3.05, 3.63) is 59.9 Å². The zero-order valence-corrected chi connectivity index (χ0v) is 29.5. The molecule has 51 heavy (non-hydrogen) atoms. The molecule has 2 aliphatic carbocycles. The highest BCUT2D eigenvalue weighted by molar-refractivity contribution is 7.91. The molecule has 0 spiro atoms. The average molecular weight is 721 g/mol. The van der Waals surface area contributed by atoms with Gasteiger partial charge in [0, 0.05) is 37.1 Å². The van der Waals surface area contributed by atoms with Crippen LogP contribution in [0.1, 0.15) is 50.5 Å². The maximum Gasteiger partial charge on any atom is 0.320 e. The number of aromatic nitrogens is 2. The number of benzene rings is 2. The van der Waals surface area contributed by atoms with Crippen molar-refractivity contribution < 1.29 is 36.7 Å². The lowest BCUT2D eigenvalue weighted by Gasteiger charge is -2.30. The van der Waals surface area contributed by atoms with Gasteiger partial charge >= 0.3 is 6.03 Å². The molecule has 4 atom stereocenters. The molecule has 13 nitrogen and oxygen atoms in total. The van der Waals surface area contributed by atoms with Gasteiger partial charge < -0.3 is 24.6 Å². The number of hydrogen-bond acceptors (Lipinski definition) is 9. The number of rotatable bonds is 7. The van der Waals surface area contributed by atoms with Crippen LogP contribution in [0.15, 0.2) is 48.6 Å². The van der Waals surface area contributed by atoms with Crippen molar-refractivity contribution in [3.63, 3.8) is 0 Å². The number of hydrogen-bond donors (Lipinski definition) is 2. The van der Waals surface area contributed by atoms with Crippen molar-refractivity contribution in [2.24, 2.45) is 5.92 Å². The van der Waals surface area contributed by atoms with Crippen molar-refractivity contribution in [2.75, 3.05) is 27.2 Å². The molecule has 2 saturated carbocycles. The standard InChI is InChI=1S/C36H41FN6O7S/c1-21-29(49-3)15-14-27-30(21)38-31(22-9-8-11-24(37)17-22)39-33(27)50-25-18-28-32(44)40-36(34(45)41-51(47,48)26-12-13-26)19-23(36)10-6-4-5-7-16-42(2)35(46)43(28)20-25/h6,8-11,14-15,17,23,25-26,28H,4-5,7,12-13,16,18-20H2,1-3H3,(H,40,44)(H,41,45)/b10-6-/t23-,25-,28+,36-/m1/s1. The fraction of sp³-hybridized carbons (Fsp3) is 0.472. The van der Waals surface area contributed by atoms with Crippen LogP contribution in [0.3, 0.4) is 0 Å². The maximum absolute atomic E-state index is 14.3. The molecule has 4 aliphatic rings. The molecular weight excluding hydrogens is 679 g/mol. The summed E-state index contributed by atoms with van der Waals surface area (Å²) in [5.41, 5.74) is 0.230. The van der Waals surface area contributed by atoms with E-state index in [1.165, 1.54) is 17.0 Å². The van der Waals surface area contributed by atoms with Crippen molar-refractivity contribution in [1.82, 2.24) is 29.8 Å². The molecule has 7 rings (SSSR count). The Morgan fingerprint density at radius 3 is 2.69 bits per heavy atom. The van der Waals surface area contributed by atoms with Gasteiger partial charge in [-0.15, -0.1) is 0 Å². The summed E-state index contributed by atoms with van der Waals surface area (Å²) in [6.07, 6.45) is 6.63. The second-order valence-corrected chi connectivity index (χ2v) is 15.8. The minimum absolute atomic E-state index is 0.0375. The number of ether oxygens (including phenoxy) is 2. The van der Waals surface area contributed by atoms with E-state index in [1.54, 1.807) is 43.3 Å². The highest BCUT2D eigenvalue weighted by Crippen LogP contribution is 2.46. The molecule has 15 heteroatoms. The number of carbonyl (C=O) groups is 3. The topological polar surface area (TPSA) is 160 Å². The molecule has 3 heterocycles. The summed E-state index contributed by atoms with van der Waals surface area (Å²) in [6.45, 7) is 2.36. The minimum Gasteiger partial charge on any atom is -0.496 e. The van der Waals surface area contributed by atoms with Crippen molar-refractivity contribution in [2.45, 2.75) is 74.8 Å². The largest absolute Gasteiger partial charge is 0.496 e. The van der Waals surface area contributed by atoms with Gasteiger partial charge in [-0.3, -0.25) is 14.3 Å². The third-order valence-corrected chi connectivity index (χ3v) is 12.0. The molecule has 2 aliphatic heterocycles. The molecule has 1 aromatic heterocycles. The van der Waals surface area contributed by atoms with E-state index in [1.807, 2.05) is 19.1 Å². The third-order valence-electron chi connectivity index (χ3n) is 10.2. The number of halogens is 1. The van der Waals surface area contributed by atoms with E-state index in [0.29, 0.717) is 48.0 Å². The first-order valence-electron chi connectivity index (χ1n) is 17.2. The van der Waals surface area contributed by atoms with Crippen LogP contribution in [0.5, 0.6) is 11.6 Å². The van der Waals surface area contributed by atoms with Crippen LogP contribution in [0.2, 0.25) is 0 Å². The number of aryl methyl sites for hydroxylation is 1. The molecule has 2 aromatic carbocycles. The summed E-state index contributed by atoms with van der Waals surface area (Å²) in [5.74, 6) is -1.19. The van der Waals surface area contributed by atoms with Crippen LogP contribution in [-0.2, 0) is 19.6 Å². The molecule has 0 radical (unpaired) electrons. The molecule has 2 N–H and O–H groups in total. The fourth-order valence-corrected chi connectivity index (χ4v) is 8.37. The quantitative estimate of drug-likeness (QED) is 0.346. The number of nitrogens with one attached hydrogen (secondary N) is 2. The number of fused-ring (bicyclic) bond motifs is 3. The van der Waals surface area contributed by atoms with Crippen LogP contribution in [0.4, 0.5) is 9.18 Å². The summed E-state index contributed by atoms with van der Waals surface area (Å²) in [7, 11) is -0.627. The first kappa shape index (κ1) is 34.6. The smallest absolute Gasteiger partial charge is 0.320 e. The molecular formula is C36H41FN6O7S. The first-order chi connectivity index (χ1) is 24.4. The van der Waals surface area contributed by atoms with E-state index in [-0.39, 0.29) is 37.1 Å². The zero-order valence-electron chi connectivity index (χ0n) is 28.7. The van der Waals surface area contributed by atoms with Crippen LogP contribution in [-0.4, -0.2) is 96.2 Å². The van der Waals surface area contributed by atoms with Crippen molar-refractivity contribution in [3.8, 4) is 23.0 Å². The lowest BCUT2D eigenvalue weighted by molar-refractivity contribution is -0.131. The summed E-state index contributed by atoms with van der Waals surface area (Å²) in [6, 6.07) is 8.04. The van der Waals surface area contributed by atoms with Crippen LogP contribution in [0, 0.1) is 18.7 Å². The Morgan fingerprint density at radius 2 is 1.94 bits per heavy atom.